The van der Waals surface area contributed by atoms with Gasteiger partial charge in [0.25, 0.3) is 5.69 Å². The first kappa shape index (κ1) is 13.7. The van der Waals surface area contributed by atoms with E-state index in [0.717, 1.165) is 11.4 Å². The molecule has 3 heterocycles. The van der Waals surface area contributed by atoms with E-state index in [-0.39, 0.29) is 5.69 Å². The Morgan fingerprint density at radius 3 is 2.82 bits per heavy atom. The smallest absolute Gasteiger partial charge is 0.287 e. The van der Waals surface area contributed by atoms with Gasteiger partial charge in [0.05, 0.1) is 4.92 Å². The summed E-state index contributed by atoms with van der Waals surface area (Å²) in [5, 5.41) is 17.8. The summed E-state index contributed by atoms with van der Waals surface area (Å²) in [5.41, 5.74) is 0.969. The molecule has 0 aromatic carbocycles. The maximum absolute atomic E-state index is 10.6. The van der Waals surface area contributed by atoms with Gasteiger partial charge in [-0.3, -0.25) is 10.1 Å². The molecule has 0 aliphatic carbocycles. The largest absolute Gasteiger partial charge is 0.366 e. The monoisotopic (exact) mass is 296 g/mol. The Morgan fingerprint density at radius 1 is 1.23 bits per heavy atom. The Kier molecular flexibility index (Phi) is 3.73. The minimum Gasteiger partial charge on any atom is -0.366 e. The van der Waals surface area contributed by atoms with Crippen LogP contribution in [0.3, 0.4) is 0 Å². The number of hydrogen-bond donors (Lipinski definition) is 1. The summed E-state index contributed by atoms with van der Waals surface area (Å²) in [7, 11) is 0. The molecule has 8 heteroatoms. The van der Waals surface area contributed by atoms with Crippen LogP contribution in [0, 0.1) is 10.1 Å². The molecule has 0 aliphatic heterocycles. The molecule has 22 heavy (non-hydrogen) atoms. The molecule has 1 N–H and O–H groups in total. The van der Waals surface area contributed by atoms with Gasteiger partial charge < -0.3 is 5.32 Å². The molecule has 110 valence electrons. The van der Waals surface area contributed by atoms with E-state index < -0.39 is 4.92 Å². The van der Waals surface area contributed by atoms with E-state index >= 15 is 0 Å². The van der Waals surface area contributed by atoms with Crippen LogP contribution in [0.15, 0.2) is 55.1 Å². The molecule has 0 unspecified atom stereocenters. The van der Waals surface area contributed by atoms with Crippen LogP contribution in [0.4, 0.5) is 11.5 Å². The minimum atomic E-state index is -0.476. The van der Waals surface area contributed by atoms with Crippen molar-refractivity contribution in [2.75, 3.05) is 5.32 Å². The zero-order valence-corrected chi connectivity index (χ0v) is 11.5. The van der Waals surface area contributed by atoms with E-state index in [9.17, 15) is 10.1 Å². The maximum atomic E-state index is 10.6. The fraction of sp³-hybridized carbons (Fsp3) is 0.0714. The first-order valence-electron chi connectivity index (χ1n) is 6.51. The summed E-state index contributed by atoms with van der Waals surface area (Å²) in [6, 6.07) is 8.61. The lowest BCUT2D eigenvalue weighted by Crippen LogP contribution is -2.04. The highest BCUT2D eigenvalue weighted by Gasteiger charge is 2.05. The van der Waals surface area contributed by atoms with Crippen molar-refractivity contribution >= 4 is 11.5 Å². The van der Waals surface area contributed by atoms with Gasteiger partial charge in [-0.15, -0.1) is 0 Å². The Morgan fingerprint density at radius 2 is 2.14 bits per heavy atom. The molecular weight excluding hydrogens is 284 g/mol. The Balaban J connectivity index is 1.69. The predicted molar refractivity (Wildman–Crippen MR) is 79.6 cm³/mol. The number of nitrogens with one attached hydrogen (secondary N) is 1. The van der Waals surface area contributed by atoms with Gasteiger partial charge in [0.15, 0.2) is 5.82 Å². The summed E-state index contributed by atoms with van der Waals surface area (Å²) in [6.07, 6.45) is 6.44. The highest BCUT2D eigenvalue weighted by Crippen LogP contribution is 2.13. The predicted octanol–water partition coefficient (Wildman–Crippen LogP) is 2.18. The number of nitrogens with zero attached hydrogens (tertiary/aromatic N) is 5. The third kappa shape index (κ3) is 3.06. The van der Waals surface area contributed by atoms with Crippen LogP contribution < -0.4 is 5.32 Å². The Labute approximate surface area is 125 Å². The zero-order valence-electron chi connectivity index (χ0n) is 11.5. The van der Waals surface area contributed by atoms with E-state index in [4.69, 9.17) is 0 Å². The molecular formula is C14H12N6O2. The molecule has 0 aliphatic rings. The maximum Gasteiger partial charge on any atom is 0.287 e. The molecule has 3 aromatic heterocycles. The van der Waals surface area contributed by atoms with Crippen LogP contribution in [-0.4, -0.2) is 24.7 Å². The second kappa shape index (κ2) is 6.00. The molecule has 3 aromatic rings. The Bertz CT molecular complexity index is 770. The fourth-order valence-corrected chi connectivity index (χ4v) is 1.89. The van der Waals surface area contributed by atoms with Crippen molar-refractivity contribution in [1.82, 2.24) is 19.7 Å². The molecule has 0 radical (unpaired) electrons. The SMILES string of the molecule is O=[N+]([O-])c1ccc(NCc2ccnc(-n3cccn3)c2)nc1. The average Bonchev–Trinajstić information content (AvgIpc) is 3.08. The van der Waals surface area contributed by atoms with Crippen molar-refractivity contribution in [3.63, 3.8) is 0 Å². The van der Waals surface area contributed by atoms with Crippen LogP contribution in [0.5, 0.6) is 0 Å². The molecule has 0 bridgehead atoms. The number of pyridine rings is 2. The van der Waals surface area contributed by atoms with E-state index in [1.165, 1.54) is 12.3 Å². The third-order valence-corrected chi connectivity index (χ3v) is 2.98. The number of nitro groups is 1. The molecule has 0 amide bonds. The molecule has 0 saturated carbocycles. The van der Waals surface area contributed by atoms with Gasteiger partial charge in [-0.1, -0.05) is 0 Å². The number of rotatable bonds is 5. The van der Waals surface area contributed by atoms with Gasteiger partial charge in [-0.05, 0) is 29.8 Å². The summed E-state index contributed by atoms with van der Waals surface area (Å²) in [5.74, 6) is 1.30. The zero-order chi connectivity index (χ0) is 15.4. The van der Waals surface area contributed by atoms with Crippen molar-refractivity contribution in [3.8, 4) is 5.82 Å². The van der Waals surface area contributed by atoms with Crippen LogP contribution in [0.25, 0.3) is 5.82 Å². The first-order valence-corrected chi connectivity index (χ1v) is 6.51. The van der Waals surface area contributed by atoms with E-state index in [0.29, 0.717) is 12.4 Å². The summed E-state index contributed by atoms with van der Waals surface area (Å²) < 4.78 is 1.67. The normalized spacial score (nSPS) is 10.4. The van der Waals surface area contributed by atoms with Gasteiger partial charge in [0.2, 0.25) is 0 Å². The molecule has 0 spiro atoms. The average molecular weight is 296 g/mol. The third-order valence-electron chi connectivity index (χ3n) is 2.98. The van der Waals surface area contributed by atoms with Gasteiger partial charge in [0, 0.05) is 31.2 Å². The standard InChI is InChI=1S/C14H12N6O2/c21-20(22)12-2-3-13(17-10-12)16-9-11-4-6-15-14(8-11)19-7-1-5-18-19/h1-8,10H,9H2,(H,16,17). The number of anilines is 1. The van der Waals surface area contributed by atoms with Crippen molar-refractivity contribution in [3.05, 3.63) is 70.8 Å². The van der Waals surface area contributed by atoms with Gasteiger partial charge >= 0.3 is 0 Å². The molecule has 8 nitrogen and oxygen atoms in total. The summed E-state index contributed by atoms with van der Waals surface area (Å²) >= 11 is 0. The number of hydrogen-bond acceptors (Lipinski definition) is 6. The van der Waals surface area contributed by atoms with Gasteiger partial charge in [0.1, 0.15) is 12.0 Å². The quantitative estimate of drug-likeness (QED) is 0.572. The topological polar surface area (TPSA) is 98.8 Å². The van der Waals surface area contributed by atoms with Crippen molar-refractivity contribution in [1.29, 1.82) is 0 Å². The second-order valence-corrected chi connectivity index (χ2v) is 4.49. The van der Waals surface area contributed by atoms with E-state index in [2.05, 4.69) is 20.4 Å². The number of aromatic nitrogens is 4. The lowest BCUT2D eigenvalue weighted by Gasteiger charge is -2.07. The highest BCUT2D eigenvalue weighted by atomic mass is 16.6. The Hall–Kier alpha value is -3.29. The van der Waals surface area contributed by atoms with E-state index in [1.54, 1.807) is 23.1 Å². The van der Waals surface area contributed by atoms with Gasteiger partial charge in [-0.25, -0.2) is 14.6 Å². The molecule has 0 saturated heterocycles. The van der Waals surface area contributed by atoms with Crippen LogP contribution >= 0.6 is 0 Å². The molecule has 0 atom stereocenters. The van der Waals surface area contributed by atoms with Gasteiger partial charge in [-0.2, -0.15) is 5.10 Å². The lowest BCUT2D eigenvalue weighted by molar-refractivity contribution is -0.385. The minimum absolute atomic E-state index is 0.0320. The van der Waals surface area contributed by atoms with E-state index in [1.807, 2.05) is 24.4 Å². The summed E-state index contributed by atoms with van der Waals surface area (Å²) in [6.45, 7) is 0.529. The van der Waals surface area contributed by atoms with Crippen molar-refractivity contribution in [2.45, 2.75) is 6.54 Å². The second-order valence-electron chi connectivity index (χ2n) is 4.49. The molecule has 0 fully saturated rings. The van der Waals surface area contributed by atoms with Crippen molar-refractivity contribution in [2.24, 2.45) is 0 Å². The van der Waals surface area contributed by atoms with Crippen LogP contribution in [0.1, 0.15) is 5.56 Å². The van der Waals surface area contributed by atoms with Crippen molar-refractivity contribution < 1.29 is 4.92 Å². The van der Waals surface area contributed by atoms with Crippen LogP contribution in [-0.2, 0) is 6.54 Å². The van der Waals surface area contributed by atoms with Crippen LogP contribution in [0.2, 0.25) is 0 Å². The lowest BCUT2D eigenvalue weighted by atomic mass is 10.2. The molecule has 3 rings (SSSR count). The fourth-order valence-electron chi connectivity index (χ4n) is 1.89. The highest BCUT2D eigenvalue weighted by molar-refractivity contribution is 5.41. The first-order chi connectivity index (χ1) is 10.7. The summed E-state index contributed by atoms with van der Waals surface area (Å²) in [4.78, 5) is 18.3.